The maximum absolute atomic E-state index is 5.42. The molecule has 3 N–H and O–H groups in total. The van der Waals surface area contributed by atoms with Gasteiger partial charge in [-0.3, -0.25) is 0 Å². The predicted octanol–water partition coefficient (Wildman–Crippen LogP) is 1.30. The van der Waals surface area contributed by atoms with Gasteiger partial charge in [0.05, 0.1) is 0 Å². The van der Waals surface area contributed by atoms with E-state index in [1.54, 1.807) is 0 Å². The van der Waals surface area contributed by atoms with Crippen LogP contribution in [0.15, 0.2) is 10.8 Å². The van der Waals surface area contributed by atoms with Crippen molar-refractivity contribution in [3.05, 3.63) is 10.8 Å². The molecule has 0 aliphatic carbocycles. The van der Waals surface area contributed by atoms with Gasteiger partial charge in [0.1, 0.15) is 16.6 Å². The van der Waals surface area contributed by atoms with Crippen LogP contribution in [-0.4, -0.2) is 48.6 Å². The number of halogens is 1. The molecule has 1 aromatic rings. The number of nitrogens with one attached hydrogen (secondary N) is 1. The van der Waals surface area contributed by atoms with Crippen molar-refractivity contribution in [2.24, 2.45) is 5.84 Å². The van der Waals surface area contributed by atoms with E-state index >= 15 is 0 Å². The smallest absolute Gasteiger partial charge is 0.159 e. The third-order valence-electron chi connectivity index (χ3n) is 2.52. The zero-order chi connectivity index (χ0) is 13.5. The molecule has 0 aromatic carbocycles. The van der Waals surface area contributed by atoms with Crippen LogP contribution in [0, 0.1) is 0 Å². The second kappa shape index (κ2) is 7.50. The number of nitrogens with zero attached hydrogens (tertiary/aromatic N) is 4. The Morgan fingerprint density at radius 2 is 2.00 bits per heavy atom. The molecule has 0 amide bonds. The molecule has 0 aliphatic rings. The predicted molar refractivity (Wildman–Crippen MR) is 78.6 cm³/mol. The molecule has 1 heterocycles. The maximum atomic E-state index is 5.42. The van der Waals surface area contributed by atoms with Gasteiger partial charge < -0.3 is 15.2 Å². The van der Waals surface area contributed by atoms with E-state index in [1.807, 2.05) is 0 Å². The van der Waals surface area contributed by atoms with Crippen LogP contribution in [0.4, 0.5) is 11.6 Å². The summed E-state index contributed by atoms with van der Waals surface area (Å²) in [4.78, 5) is 12.8. The number of anilines is 2. The normalized spacial score (nSPS) is 10.8. The van der Waals surface area contributed by atoms with Crippen molar-refractivity contribution in [2.75, 3.05) is 44.1 Å². The van der Waals surface area contributed by atoms with Crippen molar-refractivity contribution in [1.82, 2.24) is 14.9 Å². The molecule has 0 radical (unpaired) electrons. The van der Waals surface area contributed by atoms with E-state index in [0.717, 1.165) is 36.3 Å². The second-order valence-electron chi connectivity index (χ2n) is 4.29. The largest absolute Gasteiger partial charge is 0.354 e. The summed E-state index contributed by atoms with van der Waals surface area (Å²) in [6, 6.07) is 0. The van der Waals surface area contributed by atoms with Crippen molar-refractivity contribution in [1.29, 1.82) is 0 Å². The van der Waals surface area contributed by atoms with Crippen LogP contribution in [0.3, 0.4) is 0 Å². The summed E-state index contributed by atoms with van der Waals surface area (Å²) in [7, 11) is 4.12. The topological polar surface area (TPSA) is 70.3 Å². The summed E-state index contributed by atoms with van der Waals surface area (Å²) in [5, 5.41) is 0. The summed E-state index contributed by atoms with van der Waals surface area (Å²) in [5.74, 6) is 6.90. The number of rotatable bonds is 7. The standard InChI is InChI=1S/C11H21BrN6/c1-4-5-18(7-6-17(2)3)11-9(12)10(16-13)14-8-15-11/h8H,4-7,13H2,1-3H3,(H,14,15,16). The monoisotopic (exact) mass is 316 g/mol. The van der Waals surface area contributed by atoms with Gasteiger partial charge in [0.2, 0.25) is 0 Å². The Kier molecular flexibility index (Phi) is 6.31. The molecule has 6 nitrogen and oxygen atoms in total. The molecule has 0 spiro atoms. The first-order valence-electron chi connectivity index (χ1n) is 5.97. The van der Waals surface area contributed by atoms with Crippen LogP contribution in [0.25, 0.3) is 0 Å². The van der Waals surface area contributed by atoms with E-state index < -0.39 is 0 Å². The van der Waals surface area contributed by atoms with E-state index in [2.05, 4.69) is 62.1 Å². The highest BCUT2D eigenvalue weighted by molar-refractivity contribution is 9.10. The van der Waals surface area contributed by atoms with Gasteiger partial charge in [0.25, 0.3) is 0 Å². The number of aromatic nitrogens is 2. The molecule has 1 aromatic heterocycles. The van der Waals surface area contributed by atoms with Gasteiger partial charge in [0.15, 0.2) is 5.82 Å². The van der Waals surface area contributed by atoms with Crippen LogP contribution in [0.1, 0.15) is 13.3 Å². The van der Waals surface area contributed by atoms with Gasteiger partial charge in [-0.05, 0) is 36.4 Å². The highest BCUT2D eigenvalue weighted by atomic mass is 79.9. The lowest BCUT2D eigenvalue weighted by Crippen LogP contribution is -2.33. The zero-order valence-corrected chi connectivity index (χ0v) is 12.7. The minimum atomic E-state index is 0.603. The highest BCUT2D eigenvalue weighted by Crippen LogP contribution is 2.28. The van der Waals surface area contributed by atoms with Gasteiger partial charge in [0, 0.05) is 19.6 Å². The second-order valence-corrected chi connectivity index (χ2v) is 5.09. The molecule has 7 heteroatoms. The molecule has 0 fully saturated rings. The first-order valence-corrected chi connectivity index (χ1v) is 6.76. The summed E-state index contributed by atoms with van der Waals surface area (Å²) < 4.78 is 0.805. The first-order chi connectivity index (χ1) is 8.60. The molecule has 0 saturated carbocycles. The van der Waals surface area contributed by atoms with E-state index in [1.165, 1.54) is 6.33 Å². The van der Waals surface area contributed by atoms with Crippen molar-refractivity contribution >= 4 is 27.6 Å². The van der Waals surface area contributed by atoms with Crippen LogP contribution in [-0.2, 0) is 0 Å². The van der Waals surface area contributed by atoms with Crippen LogP contribution < -0.4 is 16.2 Å². The third-order valence-corrected chi connectivity index (χ3v) is 3.25. The Morgan fingerprint density at radius 1 is 1.28 bits per heavy atom. The molecule has 1 rings (SSSR count). The minimum absolute atomic E-state index is 0.603. The number of hydrazine groups is 1. The average Bonchev–Trinajstić information content (AvgIpc) is 2.35. The van der Waals surface area contributed by atoms with Gasteiger partial charge in [-0.25, -0.2) is 15.8 Å². The van der Waals surface area contributed by atoms with Crippen molar-refractivity contribution < 1.29 is 0 Å². The Balaban J connectivity index is 2.90. The summed E-state index contributed by atoms with van der Waals surface area (Å²) in [6.07, 6.45) is 2.59. The maximum Gasteiger partial charge on any atom is 0.159 e. The fourth-order valence-electron chi connectivity index (χ4n) is 1.60. The number of hydrogen-bond donors (Lipinski definition) is 2. The number of likely N-dealkylation sites (N-methyl/N-ethyl adjacent to an activating group) is 1. The van der Waals surface area contributed by atoms with E-state index in [0.29, 0.717) is 5.82 Å². The molecular weight excluding hydrogens is 296 g/mol. The molecule has 0 aliphatic heterocycles. The lowest BCUT2D eigenvalue weighted by Gasteiger charge is -2.26. The molecule has 0 atom stereocenters. The number of nitrogen functional groups attached to an aromatic ring is 1. The summed E-state index contributed by atoms with van der Waals surface area (Å²) >= 11 is 3.50. The van der Waals surface area contributed by atoms with Gasteiger partial charge in [-0.2, -0.15) is 0 Å². The van der Waals surface area contributed by atoms with Gasteiger partial charge in [-0.15, -0.1) is 0 Å². The lowest BCUT2D eigenvalue weighted by atomic mass is 10.3. The quantitative estimate of drug-likeness (QED) is 0.584. The summed E-state index contributed by atoms with van der Waals surface area (Å²) in [6.45, 7) is 5.00. The van der Waals surface area contributed by atoms with Crippen molar-refractivity contribution in [2.45, 2.75) is 13.3 Å². The van der Waals surface area contributed by atoms with Crippen LogP contribution in [0.5, 0.6) is 0 Å². The van der Waals surface area contributed by atoms with Gasteiger partial charge >= 0.3 is 0 Å². The zero-order valence-electron chi connectivity index (χ0n) is 11.1. The Hall–Kier alpha value is -0.920. The fraction of sp³-hybridized carbons (Fsp3) is 0.636. The molecule has 0 saturated heterocycles. The lowest BCUT2D eigenvalue weighted by molar-refractivity contribution is 0.412. The molecule has 0 bridgehead atoms. The number of hydrogen-bond acceptors (Lipinski definition) is 6. The van der Waals surface area contributed by atoms with Crippen LogP contribution >= 0.6 is 15.9 Å². The van der Waals surface area contributed by atoms with Crippen molar-refractivity contribution in [3.63, 3.8) is 0 Å². The van der Waals surface area contributed by atoms with Crippen molar-refractivity contribution in [3.8, 4) is 0 Å². The molecule has 102 valence electrons. The van der Waals surface area contributed by atoms with Gasteiger partial charge in [-0.1, -0.05) is 6.92 Å². The summed E-state index contributed by atoms with van der Waals surface area (Å²) in [5.41, 5.74) is 2.56. The third kappa shape index (κ3) is 4.08. The first kappa shape index (κ1) is 15.1. The minimum Gasteiger partial charge on any atom is -0.354 e. The Labute approximate surface area is 117 Å². The van der Waals surface area contributed by atoms with Crippen LogP contribution in [0.2, 0.25) is 0 Å². The molecule has 0 unspecified atom stereocenters. The molecular formula is C11H21BrN6. The highest BCUT2D eigenvalue weighted by Gasteiger charge is 2.14. The van der Waals surface area contributed by atoms with E-state index in [-0.39, 0.29) is 0 Å². The Bertz CT molecular complexity index is 371. The number of nitrogens with two attached hydrogens (primary N) is 1. The molecule has 18 heavy (non-hydrogen) atoms. The Morgan fingerprint density at radius 3 is 2.56 bits per heavy atom. The van der Waals surface area contributed by atoms with E-state index in [4.69, 9.17) is 5.84 Å². The SMILES string of the molecule is CCCN(CCN(C)C)c1ncnc(NN)c1Br. The van der Waals surface area contributed by atoms with E-state index in [9.17, 15) is 0 Å². The average molecular weight is 317 g/mol. The fourth-order valence-corrected chi connectivity index (χ4v) is 2.17.